The molecule has 0 aromatic carbocycles. The summed E-state index contributed by atoms with van der Waals surface area (Å²) in [4.78, 5) is 43.1. The predicted molar refractivity (Wildman–Crippen MR) is 117 cm³/mol. The van der Waals surface area contributed by atoms with Crippen LogP contribution in [0.2, 0.25) is 0 Å². The fourth-order valence-corrected chi connectivity index (χ4v) is 6.02. The molecule has 7 nitrogen and oxygen atoms in total. The number of urea groups is 1. The number of nitrogens with one attached hydrogen (secondary N) is 1. The molecule has 3 heterocycles. The van der Waals surface area contributed by atoms with Crippen molar-refractivity contribution in [1.29, 1.82) is 0 Å². The summed E-state index contributed by atoms with van der Waals surface area (Å²) < 4.78 is 5.42. The van der Waals surface area contributed by atoms with E-state index in [0.29, 0.717) is 31.1 Å². The van der Waals surface area contributed by atoms with Crippen LogP contribution in [-0.4, -0.2) is 39.7 Å². The summed E-state index contributed by atoms with van der Waals surface area (Å²) >= 11 is 1.56. The monoisotopic (exact) mass is 443 g/mol. The Morgan fingerprint density at radius 3 is 2.71 bits per heavy atom. The van der Waals surface area contributed by atoms with E-state index >= 15 is 0 Å². The molecule has 2 aliphatic rings. The third-order valence-corrected chi connectivity index (χ3v) is 6.99. The largest absolute Gasteiger partial charge is 0.467 e. The quantitative estimate of drug-likeness (QED) is 0.684. The topological polar surface area (TPSA) is 82.9 Å². The molecular weight excluding hydrogens is 414 g/mol. The maximum Gasteiger partial charge on any atom is 0.325 e. The Morgan fingerprint density at radius 2 is 2.06 bits per heavy atom. The Bertz CT molecular complexity index is 917. The van der Waals surface area contributed by atoms with E-state index in [1.807, 2.05) is 23.6 Å². The van der Waals surface area contributed by atoms with Crippen LogP contribution in [0.15, 0.2) is 40.3 Å². The number of thiophene rings is 1. The molecule has 2 aromatic heterocycles. The number of carbonyl (C=O) groups is 3. The first kappa shape index (κ1) is 21.6. The van der Waals surface area contributed by atoms with E-state index in [0.717, 1.165) is 16.2 Å². The van der Waals surface area contributed by atoms with Gasteiger partial charge < -0.3 is 14.6 Å². The standard InChI is InChI=1S/C23H29N3O4S/c1-16-10-22(2,3)15-23(11-16)20(28)26(21(29)24-23)14-19(27)25(12-17-6-4-8-30-17)13-18-7-5-9-31-18/h4-9,16H,10-15H2,1-3H3,(H,24,29)/t16-,23+/m0/s1. The molecule has 1 saturated heterocycles. The van der Waals surface area contributed by atoms with Gasteiger partial charge in [-0.15, -0.1) is 11.3 Å². The molecule has 8 heteroatoms. The van der Waals surface area contributed by atoms with Gasteiger partial charge in [0, 0.05) is 4.88 Å². The number of hydrogen-bond donors (Lipinski definition) is 1. The van der Waals surface area contributed by atoms with E-state index in [4.69, 9.17) is 4.42 Å². The second-order valence-electron chi connectivity index (χ2n) is 9.67. The Kier molecular flexibility index (Phi) is 5.68. The van der Waals surface area contributed by atoms with Crippen molar-refractivity contribution in [2.24, 2.45) is 11.3 Å². The minimum atomic E-state index is -0.905. The van der Waals surface area contributed by atoms with Gasteiger partial charge in [-0.05, 0) is 54.2 Å². The Balaban J connectivity index is 1.51. The molecule has 1 saturated carbocycles. The summed E-state index contributed by atoms with van der Waals surface area (Å²) in [5.74, 6) is 0.410. The van der Waals surface area contributed by atoms with Crippen LogP contribution in [0, 0.1) is 11.3 Å². The van der Waals surface area contributed by atoms with Gasteiger partial charge in [0.1, 0.15) is 17.8 Å². The summed E-state index contributed by atoms with van der Waals surface area (Å²) in [5, 5.41) is 4.90. The molecule has 0 bridgehead atoms. The summed E-state index contributed by atoms with van der Waals surface area (Å²) in [6, 6.07) is 7.00. The van der Waals surface area contributed by atoms with Gasteiger partial charge in [0.2, 0.25) is 5.91 Å². The molecule has 1 aliphatic carbocycles. The normalized spacial score (nSPS) is 25.1. The van der Waals surface area contributed by atoms with Gasteiger partial charge in [0.05, 0.1) is 19.4 Å². The SMILES string of the molecule is C[C@H]1CC(C)(C)C[C@@]2(C1)NC(=O)N(CC(=O)N(Cc1ccco1)Cc1cccs1)C2=O. The minimum Gasteiger partial charge on any atom is -0.467 e. The first-order chi connectivity index (χ1) is 14.7. The van der Waals surface area contributed by atoms with Gasteiger partial charge in [-0.25, -0.2) is 4.79 Å². The summed E-state index contributed by atoms with van der Waals surface area (Å²) in [5.41, 5.74) is -0.955. The van der Waals surface area contributed by atoms with Crippen LogP contribution in [0.5, 0.6) is 0 Å². The Labute approximate surface area is 186 Å². The highest BCUT2D eigenvalue weighted by atomic mass is 32.1. The van der Waals surface area contributed by atoms with Gasteiger partial charge in [-0.1, -0.05) is 26.8 Å². The Hall–Kier alpha value is -2.61. The lowest BCUT2D eigenvalue weighted by Gasteiger charge is -2.43. The number of furan rings is 1. The first-order valence-corrected chi connectivity index (χ1v) is 11.5. The van der Waals surface area contributed by atoms with E-state index in [9.17, 15) is 14.4 Å². The molecule has 31 heavy (non-hydrogen) atoms. The second-order valence-corrected chi connectivity index (χ2v) is 10.7. The molecule has 166 valence electrons. The van der Waals surface area contributed by atoms with Crippen molar-refractivity contribution in [2.75, 3.05) is 6.54 Å². The molecule has 4 amide bonds. The van der Waals surface area contributed by atoms with Crippen molar-refractivity contribution in [3.63, 3.8) is 0 Å². The van der Waals surface area contributed by atoms with Crippen molar-refractivity contribution < 1.29 is 18.8 Å². The molecule has 1 aliphatic heterocycles. The first-order valence-electron chi connectivity index (χ1n) is 10.6. The lowest BCUT2D eigenvalue weighted by molar-refractivity contribution is -0.141. The highest BCUT2D eigenvalue weighted by Crippen LogP contribution is 2.46. The van der Waals surface area contributed by atoms with Crippen molar-refractivity contribution in [3.05, 3.63) is 46.5 Å². The van der Waals surface area contributed by atoms with Gasteiger partial charge in [-0.3, -0.25) is 14.5 Å². The number of hydrogen-bond acceptors (Lipinski definition) is 5. The average molecular weight is 444 g/mol. The zero-order valence-electron chi connectivity index (χ0n) is 18.2. The van der Waals surface area contributed by atoms with E-state index in [-0.39, 0.29) is 30.3 Å². The predicted octanol–water partition coefficient (Wildman–Crippen LogP) is 4.01. The number of rotatable bonds is 6. The molecule has 2 fully saturated rings. The van der Waals surface area contributed by atoms with E-state index < -0.39 is 11.6 Å². The molecule has 1 N–H and O–H groups in total. The molecule has 0 radical (unpaired) electrons. The van der Waals surface area contributed by atoms with Gasteiger partial charge >= 0.3 is 6.03 Å². The van der Waals surface area contributed by atoms with Crippen LogP contribution >= 0.6 is 11.3 Å². The smallest absolute Gasteiger partial charge is 0.325 e. The van der Waals surface area contributed by atoms with Crippen molar-refractivity contribution >= 4 is 29.2 Å². The third kappa shape index (κ3) is 4.54. The number of carbonyl (C=O) groups excluding carboxylic acids is 3. The van der Waals surface area contributed by atoms with Gasteiger partial charge in [-0.2, -0.15) is 0 Å². The van der Waals surface area contributed by atoms with E-state index in [2.05, 4.69) is 26.1 Å². The van der Waals surface area contributed by atoms with E-state index in [1.54, 1.807) is 28.6 Å². The number of amides is 4. The van der Waals surface area contributed by atoms with Crippen molar-refractivity contribution in [3.8, 4) is 0 Å². The highest BCUT2D eigenvalue weighted by molar-refractivity contribution is 7.09. The van der Waals surface area contributed by atoms with Gasteiger partial charge in [0.25, 0.3) is 5.91 Å². The van der Waals surface area contributed by atoms with Crippen LogP contribution in [0.4, 0.5) is 4.79 Å². The zero-order chi connectivity index (χ0) is 22.2. The summed E-state index contributed by atoms with van der Waals surface area (Å²) in [6.45, 7) is 6.78. The molecule has 2 atom stereocenters. The molecule has 4 rings (SSSR count). The van der Waals surface area contributed by atoms with Crippen LogP contribution in [0.3, 0.4) is 0 Å². The van der Waals surface area contributed by atoms with Crippen LogP contribution in [0.1, 0.15) is 50.7 Å². The molecule has 2 aromatic rings. The molecular formula is C23H29N3O4S. The fourth-order valence-electron chi connectivity index (χ4n) is 5.30. The van der Waals surface area contributed by atoms with Crippen molar-refractivity contribution in [1.82, 2.24) is 15.1 Å². The Morgan fingerprint density at radius 1 is 1.26 bits per heavy atom. The average Bonchev–Trinajstić information content (AvgIpc) is 3.40. The van der Waals surface area contributed by atoms with E-state index in [1.165, 1.54) is 0 Å². The lowest BCUT2D eigenvalue weighted by atomic mass is 9.64. The zero-order valence-corrected chi connectivity index (χ0v) is 19.0. The van der Waals surface area contributed by atoms with Crippen LogP contribution in [-0.2, 0) is 22.7 Å². The number of nitrogens with zero attached hydrogens (tertiary/aromatic N) is 2. The molecule has 0 unspecified atom stereocenters. The maximum absolute atomic E-state index is 13.4. The fraction of sp³-hybridized carbons (Fsp3) is 0.522. The summed E-state index contributed by atoms with van der Waals surface area (Å²) in [7, 11) is 0. The number of imide groups is 1. The lowest BCUT2D eigenvalue weighted by Crippen LogP contribution is -2.54. The summed E-state index contributed by atoms with van der Waals surface area (Å²) in [6.07, 6.45) is 3.77. The maximum atomic E-state index is 13.4. The minimum absolute atomic E-state index is 0.0505. The second kappa shape index (κ2) is 8.15. The van der Waals surface area contributed by atoms with Crippen LogP contribution in [0.25, 0.3) is 0 Å². The highest BCUT2D eigenvalue weighted by Gasteiger charge is 2.56. The van der Waals surface area contributed by atoms with Gasteiger partial charge in [0.15, 0.2) is 0 Å². The van der Waals surface area contributed by atoms with Crippen molar-refractivity contribution in [2.45, 2.75) is 58.7 Å². The van der Waals surface area contributed by atoms with Crippen LogP contribution < -0.4 is 5.32 Å². The molecule has 1 spiro atoms. The third-order valence-electron chi connectivity index (χ3n) is 6.12.